The van der Waals surface area contributed by atoms with Crippen molar-refractivity contribution in [1.82, 2.24) is 4.37 Å². The first-order valence-electron chi connectivity index (χ1n) is 3.47. The first-order valence-corrected chi connectivity index (χ1v) is 4.30. The molecular formula is C10H12NOS. The van der Waals surface area contributed by atoms with Crippen molar-refractivity contribution in [2.45, 2.75) is 7.43 Å². The number of hydrogen-bond acceptors (Lipinski definition) is 2. The third-order valence-electron chi connectivity index (χ3n) is 1.08. The Kier molecular flexibility index (Phi) is 6.55. The summed E-state index contributed by atoms with van der Waals surface area (Å²) >= 11 is 1.18. The molecule has 69 valence electrons. The van der Waals surface area contributed by atoms with Gasteiger partial charge in [-0.3, -0.25) is 5.11 Å². The van der Waals surface area contributed by atoms with Gasteiger partial charge in [0.05, 0.1) is 0 Å². The lowest BCUT2D eigenvalue weighted by molar-refractivity contribution is 0.342. The summed E-state index contributed by atoms with van der Waals surface area (Å²) < 4.78 is 3.40. The molecule has 2 aromatic rings. The van der Waals surface area contributed by atoms with Crippen LogP contribution in [0.15, 0.2) is 47.8 Å². The molecule has 1 aromatic heterocycles. The van der Waals surface area contributed by atoms with Crippen LogP contribution in [-0.4, -0.2) is 4.37 Å². The Labute approximate surface area is 82.7 Å². The predicted molar refractivity (Wildman–Crippen MR) is 55.4 cm³/mol. The molecule has 0 bridgehead atoms. The largest absolute Gasteiger partial charge is 0.281 e. The van der Waals surface area contributed by atoms with Gasteiger partial charge in [0.1, 0.15) is 0 Å². The summed E-state index contributed by atoms with van der Waals surface area (Å²) in [4.78, 5) is 0. The van der Waals surface area contributed by atoms with Gasteiger partial charge in [-0.2, -0.15) is 4.37 Å². The molecule has 0 unspecified atom stereocenters. The van der Waals surface area contributed by atoms with Crippen molar-refractivity contribution in [1.29, 1.82) is 0 Å². The number of rotatable bonds is 0. The molecule has 0 aliphatic heterocycles. The van der Waals surface area contributed by atoms with E-state index in [-0.39, 0.29) is 13.3 Å². The molecule has 1 radical (unpaired) electrons. The molecule has 0 N–H and O–H groups in total. The predicted octanol–water partition coefficient (Wildman–Crippen LogP) is 3.61. The van der Waals surface area contributed by atoms with Gasteiger partial charge in [-0.25, -0.2) is 0 Å². The second-order valence-electron chi connectivity index (χ2n) is 1.99. The topological polar surface area (TPSA) is 32.8 Å². The van der Waals surface area contributed by atoms with Gasteiger partial charge in [0.2, 0.25) is 0 Å². The summed E-state index contributed by atoms with van der Waals surface area (Å²) in [5.41, 5.74) is 0. The molecule has 1 heterocycles. The van der Waals surface area contributed by atoms with E-state index in [2.05, 4.69) is 4.37 Å². The molecule has 1 aromatic carbocycles. The summed E-state index contributed by atoms with van der Waals surface area (Å²) in [5.74, 6) is -0.139. The Balaban J connectivity index is 0.000000206. The molecule has 0 spiro atoms. The van der Waals surface area contributed by atoms with E-state index in [1.54, 1.807) is 5.38 Å². The van der Waals surface area contributed by atoms with Gasteiger partial charge in [-0.15, -0.1) is 0 Å². The van der Waals surface area contributed by atoms with Crippen LogP contribution in [0.2, 0.25) is 0 Å². The van der Waals surface area contributed by atoms with Crippen LogP contribution < -0.4 is 0 Å². The number of benzene rings is 1. The lowest BCUT2D eigenvalue weighted by Crippen LogP contribution is -1.47. The smallest absolute Gasteiger partial charge is 0.266 e. The zero-order chi connectivity index (χ0) is 8.65. The summed E-state index contributed by atoms with van der Waals surface area (Å²) in [7, 11) is 0. The van der Waals surface area contributed by atoms with Crippen molar-refractivity contribution in [3.05, 3.63) is 47.8 Å². The van der Waals surface area contributed by atoms with E-state index < -0.39 is 0 Å². The average molecular weight is 194 g/mol. The Morgan fingerprint density at radius 1 is 1.00 bits per heavy atom. The quantitative estimate of drug-likeness (QED) is 0.630. The van der Waals surface area contributed by atoms with Crippen LogP contribution >= 0.6 is 11.5 Å². The third-order valence-corrected chi connectivity index (χ3v) is 1.62. The standard InChI is InChI=1S/C6H6.C3H2NOS.CH4/c1-2-4-6-5-3-1;5-3-1-2-6-4-3;/h1-6H;1-2H;1H4. The lowest BCUT2D eigenvalue weighted by atomic mass is 10.4. The van der Waals surface area contributed by atoms with Crippen LogP contribution in [0.3, 0.4) is 0 Å². The summed E-state index contributed by atoms with van der Waals surface area (Å²) in [6.07, 6.45) is 0. The zero-order valence-corrected chi connectivity index (χ0v) is 7.20. The first-order chi connectivity index (χ1) is 5.89. The average Bonchev–Trinajstić information content (AvgIpc) is 2.60. The van der Waals surface area contributed by atoms with Gasteiger partial charge < -0.3 is 0 Å². The molecule has 0 fully saturated rings. The second kappa shape index (κ2) is 7.31. The van der Waals surface area contributed by atoms with Gasteiger partial charge >= 0.3 is 0 Å². The van der Waals surface area contributed by atoms with Gasteiger partial charge in [0.25, 0.3) is 5.88 Å². The normalized spacial score (nSPS) is 7.69. The van der Waals surface area contributed by atoms with Crippen LogP contribution in [-0.2, 0) is 5.11 Å². The maximum atomic E-state index is 9.97. The summed E-state index contributed by atoms with van der Waals surface area (Å²) in [6.45, 7) is 0. The minimum Gasteiger partial charge on any atom is -0.266 e. The van der Waals surface area contributed by atoms with Gasteiger partial charge in [-0.05, 0) is 11.5 Å². The first kappa shape index (κ1) is 11.6. The number of aromatic nitrogens is 1. The molecule has 2 nitrogen and oxygen atoms in total. The van der Waals surface area contributed by atoms with E-state index in [9.17, 15) is 5.11 Å². The molecule has 0 saturated carbocycles. The SMILES string of the molecule is C.[O]c1ccsn1.c1ccccc1. The highest BCUT2D eigenvalue weighted by atomic mass is 32.1. The van der Waals surface area contributed by atoms with Crippen LogP contribution in [0.1, 0.15) is 7.43 Å². The molecule has 0 aliphatic carbocycles. The Bertz CT molecular complexity index is 254. The highest BCUT2D eigenvalue weighted by Crippen LogP contribution is 2.04. The summed E-state index contributed by atoms with van der Waals surface area (Å²) in [6, 6.07) is 13.4. The van der Waals surface area contributed by atoms with Crippen LogP contribution in [0.4, 0.5) is 0 Å². The van der Waals surface area contributed by atoms with E-state index in [1.807, 2.05) is 36.4 Å². The van der Waals surface area contributed by atoms with Crippen LogP contribution in [0.5, 0.6) is 5.88 Å². The maximum Gasteiger partial charge on any atom is 0.281 e. The highest BCUT2D eigenvalue weighted by molar-refractivity contribution is 7.03. The van der Waals surface area contributed by atoms with E-state index in [4.69, 9.17) is 0 Å². The van der Waals surface area contributed by atoms with E-state index in [0.29, 0.717) is 0 Å². The summed E-state index contributed by atoms with van der Waals surface area (Å²) in [5, 5.41) is 11.6. The van der Waals surface area contributed by atoms with Crippen molar-refractivity contribution in [3.63, 3.8) is 0 Å². The molecular weight excluding hydrogens is 182 g/mol. The Morgan fingerprint density at radius 3 is 1.62 bits per heavy atom. The molecule has 0 aliphatic rings. The Morgan fingerprint density at radius 2 is 1.46 bits per heavy atom. The monoisotopic (exact) mass is 194 g/mol. The fraction of sp³-hybridized carbons (Fsp3) is 0.100. The minimum absolute atomic E-state index is 0. The Hall–Kier alpha value is -1.35. The van der Waals surface area contributed by atoms with Gasteiger partial charge in [0.15, 0.2) is 0 Å². The van der Waals surface area contributed by atoms with E-state index in [1.165, 1.54) is 17.6 Å². The fourth-order valence-electron chi connectivity index (χ4n) is 0.586. The molecule has 3 heteroatoms. The third kappa shape index (κ3) is 5.87. The van der Waals surface area contributed by atoms with Crippen LogP contribution in [0, 0.1) is 0 Å². The van der Waals surface area contributed by atoms with Crippen molar-refractivity contribution in [2.24, 2.45) is 0 Å². The lowest BCUT2D eigenvalue weighted by Gasteiger charge is -1.69. The van der Waals surface area contributed by atoms with E-state index in [0.717, 1.165) is 0 Å². The van der Waals surface area contributed by atoms with Crippen LogP contribution in [0.25, 0.3) is 0 Å². The van der Waals surface area contributed by atoms with Crippen molar-refractivity contribution in [3.8, 4) is 5.88 Å². The van der Waals surface area contributed by atoms with Gasteiger partial charge in [0, 0.05) is 11.4 Å². The fourth-order valence-corrected chi connectivity index (χ4v) is 0.989. The molecule has 0 amide bonds. The molecule has 0 saturated heterocycles. The number of nitrogens with zero attached hydrogens (tertiary/aromatic N) is 1. The number of hydrogen-bond donors (Lipinski definition) is 0. The van der Waals surface area contributed by atoms with E-state index >= 15 is 0 Å². The molecule has 13 heavy (non-hydrogen) atoms. The zero-order valence-electron chi connectivity index (χ0n) is 6.38. The maximum absolute atomic E-state index is 9.97. The minimum atomic E-state index is -0.139. The van der Waals surface area contributed by atoms with Gasteiger partial charge in [-0.1, -0.05) is 43.8 Å². The van der Waals surface area contributed by atoms with Crippen molar-refractivity contribution in [2.75, 3.05) is 0 Å². The molecule has 2 rings (SSSR count). The molecule has 0 atom stereocenters. The highest BCUT2D eigenvalue weighted by Gasteiger charge is 1.83. The second-order valence-corrected chi connectivity index (χ2v) is 2.66. The van der Waals surface area contributed by atoms with Crippen molar-refractivity contribution >= 4 is 11.5 Å². The van der Waals surface area contributed by atoms with Crippen molar-refractivity contribution < 1.29 is 5.11 Å².